The van der Waals surface area contributed by atoms with Crippen LogP contribution >= 0.6 is 0 Å². The number of benzene rings is 2. The van der Waals surface area contributed by atoms with E-state index in [1.807, 2.05) is 19.1 Å². The van der Waals surface area contributed by atoms with E-state index >= 15 is 0 Å². The summed E-state index contributed by atoms with van der Waals surface area (Å²) in [5.41, 5.74) is 1.61. The molecule has 0 unspecified atom stereocenters. The van der Waals surface area contributed by atoms with Crippen LogP contribution in [0.1, 0.15) is 11.1 Å². The number of nitro groups is 1. The standard InChI is InChI=1S/C16H13NO4/c1-12-5-8-15(9-6-12)21-16(18)10-7-13-3-2-4-14(11-13)17(19)20/h2-11H,1H3/b10-7+. The highest BCUT2D eigenvalue weighted by Gasteiger charge is 2.04. The minimum atomic E-state index is -0.537. The third-order valence-corrected chi connectivity index (χ3v) is 2.73. The lowest BCUT2D eigenvalue weighted by Crippen LogP contribution is -2.03. The fourth-order valence-corrected chi connectivity index (χ4v) is 1.66. The molecule has 21 heavy (non-hydrogen) atoms. The summed E-state index contributed by atoms with van der Waals surface area (Å²) in [4.78, 5) is 21.8. The zero-order valence-electron chi connectivity index (χ0n) is 11.4. The van der Waals surface area contributed by atoms with E-state index in [4.69, 9.17) is 4.74 Å². The molecule has 2 rings (SSSR count). The number of carbonyl (C=O) groups is 1. The Morgan fingerprint density at radius 1 is 1.19 bits per heavy atom. The maximum absolute atomic E-state index is 11.6. The lowest BCUT2D eigenvalue weighted by atomic mass is 10.2. The first-order chi connectivity index (χ1) is 10.0. The number of nitro benzene ring substituents is 1. The molecule has 0 saturated carbocycles. The molecule has 2 aromatic rings. The SMILES string of the molecule is Cc1ccc(OC(=O)/C=C/c2cccc([N+](=O)[O-])c2)cc1. The van der Waals surface area contributed by atoms with Gasteiger partial charge in [0.25, 0.3) is 5.69 Å². The number of carbonyl (C=O) groups excluding carboxylic acids is 1. The maximum atomic E-state index is 11.6. The topological polar surface area (TPSA) is 69.4 Å². The lowest BCUT2D eigenvalue weighted by Gasteiger charge is -2.01. The summed E-state index contributed by atoms with van der Waals surface area (Å²) < 4.78 is 5.11. The first-order valence-electron chi connectivity index (χ1n) is 6.25. The first-order valence-corrected chi connectivity index (χ1v) is 6.25. The van der Waals surface area contributed by atoms with E-state index in [-0.39, 0.29) is 5.69 Å². The molecular weight excluding hydrogens is 270 g/mol. The van der Waals surface area contributed by atoms with Crippen LogP contribution < -0.4 is 4.74 Å². The fraction of sp³-hybridized carbons (Fsp3) is 0.0625. The van der Waals surface area contributed by atoms with Gasteiger partial charge in [0.15, 0.2) is 0 Å². The number of ether oxygens (including phenoxy) is 1. The van der Waals surface area contributed by atoms with Gasteiger partial charge in [-0.2, -0.15) is 0 Å². The summed E-state index contributed by atoms with van der Waals surface area (Å²) in [5, 5.41) is 10.6. The van der Waals surface area contributed by atoms with E-state index in [1.165, 1.54) is 24.3 Å². The van der Waals surface area contributed by atoms with E-state index in [2.05, 4.69) is 0 Å². The fourth-order valence-electron chi connectivity index (χ4n) is 1.66. The predicted molar refractivity (Wildman–Crippen MR) is 78.9 cm³/mol. The summed E-state index contributed by atoms with van der Waals surface area (Å²) in [6, 6.07) is 13.1. The molecule has 0 fully saturated rings. The first kappa shape index (κ1) is 14.5. The Morgan fingerprint density at radius 2 is 1.90 bits per heavy atom. The van der Waals surface area contributed by atoms with Crippen LogP contribution in [0.15, 0.2) is 54.6 Å². The summed E-state index contributed by atoms with van der Waals surface area (Å²) in [6.07, 6.45) is 2.71. The third kappa shape index (κ3) is 4.28. The molecule has 0 spiro atoms. The molecule has 0 amide bonds. The number of hydrogen-bond acceptors (Lipinski definition) is 4. The van der Waals surface area contributed by atoms with Gasteiger partial charge in [-0.3, -0.25) is 10.1 Å². The Balaban J connectivity index is 2.03. The van der Waals surface area contributed by atoms with Crippen LogP contribution in [-0.4, -0.2) is 10.9 Å². The van der Waals surface area contributed by atoms with Crippen molar-refractivity contribution < 1.29 is 14.5 Å². The monoisotopic (exact) mass is 283 g/mol. The van der Waals surface area contributed by atoms with E-state index in [0.29, 0.717) is 11.3 Å². The van der Waals surface area contributed by atoms with E-state index < -0.39 is 10.9 Å². The quantitative estimate of drug-likeness (QED) is 0.283. The molecule has 0 radical (unpaired) electrons. The van der Waals surface area contributed by atoms with Crippen molar-refractivity contribution in [1.82, 2.24) is 0 Å². The lowest BCUT2D eigenvalue weighted by molar-refractivity contribution is -0.384. The highest BCUT2D eigenvalue weighted by Crippen LogP contribution is 2.15. The Labute approximate surface area is 121 Å². The van der Waals surface area contributed by atoms with Crippen LogP contribution in [0.25, 0.3) is 6.08 Å². The number of esters is 1. The molecule has 106 valence electrons. The summed E-state index contributed by atoms with van der Waals surface area (Å²) in [5.74, 6) is -0.0837. The van der Waals surface area contributed by atoms with Crippen molar-refractivity contribution >= 4 is 17.7 Å². The van der Waals surface area contributed by atoms with Crippen LogP contribution in [-0.2, 0) is 4.79 Å². The molecule has 0 N–H and O–H groups in total. The average Bonchev–Trinajstić information content (AvgIpc) is 2.48. The zero-order chi connectivity index (χ0) is 15.2. The van der Waals surface area contributed by atoms with Crippen molar-refractivity contribution in [1.29, 1.82) is 0 Å². The number of rotatable bonds is 4. The summed E-state index contributed by atoms with van der Waals surface area (Å²) in [7, 11) is 0. The Hall–Kier alpha value is -2.95. The minimum Gasteiger partial charge on any atom is -0.423 e. The number of non-ortho nitro benzene ring substituents is 1. The van der Waals surface area contributed by atoms with Gasteiger partial charge in [0, 0.05) is 18.2 Å². The highest BCUT2D eigenvalue weighted by atomic mass is 16.6. The van der Waals surface area contributed by atoms with Crippen molar-refractivity contribution in [2.75, 3.05) is 0 Å². The van der Waals surface area contributed by atoms with Gasteiger partial charge < -0.3 is 4.74 Å². The number of hydrogen-bond donors (Lipinski definition) is 0. The van der Waals surface area contributed by atoms with Crippen molar-refractivity contribution in [3.8, 4) is 5.75 Å². The van der Waals surface area contributed by atoms with Gasteiger partial charge in [-0.15, -0.1) is 0 Å². The van der Waals surface area contributed by atoms with E-state index in [0.717, 1.165) is 5.56 Å². The largest absolute Gasteiger partial charge is 0.423 e. The van der Waals surface area contributed by atoms with Crippen LogP contribution in [0.4, 0.5) is 5.69 Å². The van der Waals surface area contributed by atoms with Gasteiger partial charge in [0.2, 0.25) is 0 Å². The molecule has 0 bridgehead atoms. The molecule has 0 saturated heterocycles. The van der Waals surface area contributed by atoms with Gasteiger partial charge >= 0.3 is 5.97 Å². The van der Waals surface area contributed by atoms with Crippen LogP contribution in [0.2, 0.25) is 0 Å². The smallest absolute Gasteiger partial charge is 0.336 e. The Kier molecular flexibility index (Phi) is 4.46. The van der Waals surface area contributed by atoms with Crippen LogP contribution in [0.5, 0.6) is 5.75 Å². The normalized spacial score (nSPS) is 10.5. The number of aryl methyl sites for hydroxylation is 1. The van der Waals surface area contributed by atoms with E-state index in [1.54, 1.807) is 24.3 Å². The van der Waals surface area contributed by atoms with Crippen molar-refractivity contribution in [3.63, 3.8) is 0 Å². The van der Waals surface area contributed by atoms with E-state index in [9.17, 15) is 14.9 Å². The summed E-state index contributed by atoms with van der Waals surface area (Å²) >= 11 is 0. The molecule has 0 aliphatic carbocycles. The summed E-state index contributed by atoms with van der Waals surface area (Å²) in [6.45, 7) is 1.94. The second-order valence-corrected chi connectivity index (χ2v) is 4.42. The molecule has 5 heteroatoms. The second-order valence-electron chi connectivity index (χ2n) is 4.42. The Bertz CT molecular complexity index is 690. The molecule has 0 aromatic heterocycles. The molecule has 0 heterocycles. The maximum Gasteiger partial charge on any atom is 0.336 e. The molecule has 0 aliphatic rings. The van der Waals surface area contributed by atoms with Crippen molar-refractivity contribution in [2.24, 2.45) is 0 Å². The minimum absolute atomic E-state index is 0.0240. The molecule has 5 nitrogen and oxygen atoms in total. The van der Waals surface area contributed by atoms with Gasteiger partial charge in [-0.25, -0.2) is 4.79 Å². The molecule has 2 aromatic carbocycles. The number of nitrogens with zero attached hydrogens (tertiary/aromatic N) is 1. The van der Waals surface area contributed by atoms with Gasteiger partial charge in [0.1, 0.15) is 5.75 Å². The van der Waals surface area contributed by atoms with Gasteiger partial charge in [-0.05, 0) is 30.7 Å². The molecule has 0 atom stereocenters. The second kappa shape index (κ2) is 6.47. The molecular formula is C16H13NO4. The predicted octanol–water partition coefficient (Wildman–Crippen LogP) is 3.52. The molecule has 0 aliphatic heterocycles. The van der Waals surface area contributed by atoms with Crippen LogP contribution in [0.3, 0.4) is 0 Å². The van der Waals surface area contributed by atoms with Crippen molar-refractivity contribution in [2.45, 2.75) is 6.92 Å². The van der Waals surface area contributed by atoms with Gasteiger partial charge in [0.05, 0.1) is 4.92 Å². The van der Waals surface area contributed by atoms with Crippen molar-refractivity contribution in [3.05, 3.63) is 75.8 Å². The highest BCUT2D eigenvalue weighted by molar-refractivity contribution is 5.88. The zero-order valence-corrected chi connectivity index (χ0v) is 11.4. The van der Waals surface area contributed by atoms with Crippen LogP contribution in [0, 0.1) is 17.0 Å². The Morgan fingerprint density at radius 3 is 2.57 bits per heavy atom. The average molecular weight is 283 g/mol. The third-order valence-electron chi connectivity index (χ3n) is 2.73. The van der Waals surface area contributed by atoms with Gasteiger partial charge in [-0.1, -0.05) is 29.8 Å².